The number of aromatic nitrogens is 1. The van der Waals surface area contributed by atoms with Gasteiger partial charge in [-0.1, -0.05) is 73.7 Å². The van der Waals surface area contributed by atoms with E-state index in [0.29, 0.717) is 11.7 Å². The van der Waals surface area contributed by atoms with Gasteiger partial charge in [0.25, 0.3) is 0 Å². The van der Waals surface area contributed by atoms with Gasteiger partial charge in [0.1, 0.15) is 5.82 Å². The maximum Gasteiger partial charge on any atom is 0.233 e. The molecule has 0 aliphatic rings. The predicted octanol–water partition coefficient (Wildman–Crippen LogP) is 5.39. The summed E-state index contributed by atoms with van der Waals surface area (Å²) in [5.41, 5.74) is 2.35. The molecule has 1 unspecified atom stereocenters. The molecule has 132 valence electrons. The van der Waals surface area contributed by atoms with Gasteiger partial charge in [0.2, 0.25) is 5.91 Å². The number of carbonyl (C=O) groups excluding carboxylic acids is 1. The summed E-state index contributed by atoms with van der Waals surface area (Å²) in [5, 5.41) is 2.95. The second kappa shape index (κ2) is 8.95. The third kappa shape index (κ3) is 4.79. The van der Waals surface area contributed by atoms with Crippen LogP contribution in [0.4, 0.5) is 5.82 Å². The lowest BCUT2D eigenvalue weighted by Crippen LogP contribution is -2.22. The van der Waals surface area contributed by atoms with Gasteiger partial charge in [0.15, 0.2) is 0 Å². The lowest BCUT2D eigenvalue weighted by Gasteiger charge is -2.19. The van der Waals surface area contributed by atoms with Crippen molar-refractivity contribution in [1.82, 2.24) is 4.98 Å². The number of anilines is 1. The molecule has 0 radical (unpaired) electrons. The van der Waals surface area contributed by atoms with Gasteiger partial charge in [0, 0.05) is 6.20 Å². The monoisotopic (exact) mass is 344 g/mol. The van der Waals surface area contributed by atoms with Gasteiger partial charge in [-0.3, -0.25) is 4.79 Å². The number of amides is 1. The van der Waals surface area contributed by atoms with E-state index in [1.54, 1.807) is 6.20 Å². The van der Waals surface area contributed by atoms with Crippen LogP contribution in [0.15, 0.2) is 85.1 Å². The maximum atomic E-state index is 12.9. The molecule has 2 atom stereocenters. The highest BCUT2D eigenvalue weighted by atomic mass is 16.1. The van der Waals surface area contributed by atoms with E-state index in [0.717, 1.165) is 18.4 Å². The normalized spacial score (nSPS) is 13.0. The fourth-order valence-corrected chi connectivity index (χ4v) is 3.15. The Bertz CT molecular complexity index is 803. The molecule has 1 heterocycles. The number of nitrogens with zero attached hydrogens (tertiary/aromatic N) is 1. The van der Waals surface area contributed by atoms with Crippen molar-refractivity contribution in [1.29, 1.82) is 0 Å². The average molecular weight is 344 g/mol. The van der Waals surface area contributed by atoms with Crippen LogP contribution in [0.3, 0.4) is 0 Å². The topological polar surface area (TPSA) is 42.0 Å². The summed E-state index contributed by atoms with van der Waals surface area (Å²) in [6, 6.07) is 26.0. The summed E-state index contributed by atoms with van der Waals surface area (Å²) < 4.78 is 0. The van der Waals surface area contributed by atoms with Crippen LogP contribution in [0.25, 0.3) is 0 Å². The van der Waals surface area contributed by atoms with Gasteiger partial charge >= 0.3 is 0 Å². The van der Waals surface area contributed by atoms with E-state index >= 15 is 0 Å². The Labute approximate surface area is 155 Å². The number of nitrogens with one attached hydrogen (secondary N) is 1. The van der Waals surface area contributed by atoms with Crippen LogP contribution in [0.1, 0.15) is 42.7 Å². The van der Waals surface area contributed by atoms with Crippen LogP contribution in [-0.4, -0.2) is 10.9 Å². The second-order valence-electron chi connectivity index (χ2n) is 6.56. The minimum atomic E-state index is -0.190. The highest BCUT2D eigenvalue weighted by molar-refractivity contribution is 5.95. The van der Waals surface area contributed by atoms with Crippen molar-refractivity contribution < 1.29 is 4.79 Å². The van der Waals surface area contributed by atoms with E-state index in [9.17, 15) is 4.79 Å². The zero-order chi connectivity index (χ0) is 18.2. The molecule has 3 rings (SSSR count). The summed E-state index contributed by atoms with van der Waals surface area (Å²) >= 11 is 0. The molecule has 0 saturated carbocycles. The molecule has 1 amide bonds. The summed E-state index contributed by atoms with van der Waals surface area (Å²) in [4.78, 5) is 17.1. The lowest BCUT2D eigenvalue weighted by atomic mass is 9.87. The number of pyridine rings is 1. The van der Waals surface area contributed by atoms with E-state index in [4.69, 9.17) is 0 Å². The van der Waals surface area contributed by atoms with Crippen LogP contribution >= 0.6 is 0 Å². The molecule has 3 aromatic rings. The molecule has 26 heavy (non-hydrogen) atoms. The summed E-state index contributed by atoms with van der Waals surface area (Å²) in [6.07, 6.45) is 3.42. The molecule has 2 aromatic carbocycles. The first-order valence-corrected chi connectivity index (χ1v) is 9.06. The van der Waals surface area contributed by atoms with Crippen molar-refractivity contribution in [2.75, 3.05) is 5.32 Å². The van der Waals surface area contributed by atoms with E-state index in [-0.39, 0.29) is 11.8 Å². The van der Waals surface area contributed by atoms with Gasteiger partial charge < -0.3 is 5.32 Å². The number of benzene rings is 2. The van der Waals surface area contributed by atoms with Gasteiger partial charge in [-0.2, -0.15) is 0 Å². The quantitative estimate of drug-likeness (QED) is 0.624. The maximum absolute atomic E-state index is 12.9. The Morgan fingerprint density at radius 3 is 2.08 bits per heavy atom. The van der Waals surface area contributed by atoms with Crippen molar-refractivity contribution in [3.63, 3.8) is 0 Å². The van der Waals surface area contributed by atoms with Crippen LogP contribution in [0, 0.1) is 0 Å². The van der Waals surface area contributed by atoms with E-state index in [2.05, 4.69) is 41.5 Å². The highest BCUT2D eigenvalue weighted by Gasteiger charge is 2.22. The molecule has 0 bridgehead atoms. The first kappa shape index (κ1) is 17.9. The molecule has 3 heteroatoms. The van der Waals surface area contributed by atoms with Gasteiger partial charge in [0.05, 0.1) is 5.92 Å². The number of rotatable bonds is 7. The summed E-state index contributed by atoms with van der Waals surface area (Å²) in [6.45, 7) is 2.22. The van der Waals surface area contributed by atoms with Crippen LogP contribution in [0.5, 0.6) is 0 Å². The Morgan fingerprint density at radius 2 is 1.46 bits per heavy atom. The van der Waals surface area contributed by atoms with Crippen molar-refractivity contribution in [3.8, 4) is 0 Å². The third-order valence-electron chi connectivity index (χ3n) is 4.69. The molecule has 0 aliphatic heterocycles. The Morgan fingerprint density at radius 1 is 0.846 bits per heavy atom. The number of hydrogen-bond donors (Lipinski definition) is 1. The van der Waals surface area contributed by atoms with Gasteiger partial charge in [-0.05, 0) is 42.0 Å². The largest absolute Gasteiger partial charge is 0.310 e. The van der Waals surface area contributed by atoms with Crippen LogP contribution < -0.4 is 5.32 Å². The van der Waals surface area contributed by atoms with Crippen molar-refractivity contribution in [2.45, 2.75) is 31.6 Å². The minimum absolute atomic E-state index is 0.00448. The Balaban J connectivity index is 1.72. The van der Waals surface area contributed by atoms with Crippen molar-refractivity contribution in [3.05, 3.63) is 96.2 Å². The lowest BCUT2D eigenvalue weighted by molar-refractivity contribution is -0.117. The van der Waals surface area contributed by atoms with Gasteiger partial charge in [-0.15, -0.1) is 0 Å². The number of carbonyl (C=O) groups is 1. The fraction of sp³-hybridized carbons (Fsp3) is 0.217. The van der Waals surface area contributed by atoms with Crippen LogP contribution in [0.2, 0.25) is 0 Å². The number of hydrogen-bond acceptors (Lipinski definition) is 2. The smallest absolute Gasteiger partial charge is 0.233 e. The van der Waals surface area contributed by atoms with E-state index in [1.165, 1.54) is 5.56 Å². The SMILES string of the molecule is CC(CC[C@@H](C(=O)Nc1ccccn1)c1ccccc1)c1ccccc1. The second-order valence-corrected chi connectivity index (χ2v) is 6.56. The van der Waals surface area contributed by atoms with Crippen molar-refractivity contribution in [2.24, 2.45) is 0 Å². The zero-order valence-electron chi connectivity index (χ0n) is 15.0. The molecule has 0 fully saturated rings. The third-order valence-corrected chi connectivity index (χ3v) is 4.69. The first-order valence-electron chi connectivity index (χ1n) is 9.06. The predicted molar refractivity (Wildman–Crippen MR) is 106 cm³/mol. The molecule has 1 N–H and O–H groups in total. The Hall–Kier alpha value is -2.94. The molecular weight excluding hydrogens is 320 g/mol. The summed E-state index contributed by atoms with van der Waals surface area (Å²) in [5.74, 6) is 0.805. The van der Waals surface area contributed by atoms with E-state index < -0.39 is 0 Å². The fourth-order valence-electron chi connectivity index (χ4n) is 3.15. The van der Waals surface area contributed by atoms with Crippen molar-refractivity contribution >= 4 is 11.7 Å². The first-order chi connectivity index (χ1) is 12.7. The molecule has 3 nitrogen and oxygen atoms in total. The molecule has 0 spiro atoms. The standard InChI is InChI=1S/C23H24N2O/c1-18(19-10-4-2-5-11-19)15-16-21(20-12-6-3-7-13-20)23(26)25-22-14-8-9-17-24-22/h2-14,17-18,21H,15-16H2,1H3,(H,24,25,26)/t18?,21-/m1/s1. The summed E-state index contributed by atoms with van der Waals surface area (Å²) in [7, 11) is 0. The highest BCUT2D eigenvalue weighted by Crippen LogP contribution is 2.28. The molecule has 0 saturated heterocycles. The Kier molecular flexibility index (Phi) is 6.15. The average Bonchev–Trinajstić information content (AvgIpc) is 2.70. The molecule has 1 aromatic heterocycles. The zero-order valence-corrected chi connectivity index (χ0v) is 15.0. The minimum Gasteiger partial charge on any atom is -0.310 e. The van der Waals surface area contributed by atoms with E-state index in [1.807, 2.05) is 54.6 Å². The molecule has 0 aliphatic carbocycles. The van der Waals surface area contributed by atoms with Crippen LogP contribution in [-0.2, 0) is 4.79 Å². The molecular formula is C23H24N2O. The van der Waals surface area contributed by atoms with Gasteiger partial charge in [-0.25, -0.2) is 4.98 Å².